The van der Waals surface area contributed by atoms with Crippen LogP contribution in [0.5, 0.6) is 5.75 Å². The summed E-state index contributed by atoms with van der Waals surface area (Å²) in [4.78, 5) is -0.0821. The Morgan fingerprint density at radius 1 is 0.880 bits per heavy atom. The first-order chi connectivity index (χ1) is 11.5. The Kier molecular flexibility index (Phi) is 10.1. The van der Waals surface area contributed by atoms with Crippen molar-refractivity contribution < 1.29 is 17.7 Å². The van der Waals surface area contributed by atoms with E-state index in [1.54, 1.807) is 18.2 Å². The fraction of sp³-hybridized carbons (Fsp3) is 0.474. The Labute approximate surface area is 173 Å². The molecule has 2 aromatic rings. The molecular formula is C19H27NaO4S. The zero-order chi connectivity index (χ0) is 17.4. The molecule has 0 aromatic heterocycles. The van der Waals surface area contributed by atoms with Crippen LogP contribution in [0, 0.1) is 0 Å². The van der Waals surface area contributed by atoms with E-state index in [2.05, 4.69) is 6.92 Å². The van der Waals surface area contributed by atoms with E-state index in [4.69, 9.17) is 4.74 Å². The van der Waals surface area contributed by atoms with E-state index in [9.17, 15) is 13.0 Å². The second-order valence-corrected chi connectivity index (χ2v) is 7.44. The van der Waals surface area contributed by atoms with Gasteiger partial charge < -0.3 is 4.74 Å². The van der Waals surface area contributed by atoms with Crippen LogP contribution in [0.1, 0.15) is 51.9 Å². The molecule has 2 aromatic carbocycles. The van der Waals surface area contributed by atoms with Crippen molar-refractivity contribution in [1.29, 1.82) is 0 Å². The zero-order valence-corrected chi connectivity index (χ0v) is 15.0. The molecule has 25 heavy (non-hydrogen) atoms. The molecule has 0 heterocycles. The summed E-state index contributed by atoms with van der Waals surface area (Å²) in [5.74, 6) is 0.656. The van der Waals surface area contributed by atoms with Gasteiger partial charge in [0.15, 0.2) is 0 Å². The van der Waals surface area contributed by atoms with Crippen molar-refractivity contribution in [3.05, 3.63) is 36.4 Å². The van der Waals surface area contributed by atoms with Crippen LogP contribution in [0.15, 0.2) is 41.3 Å². The van der Waals surface area contributed by atoms with Gasteiger partial charge in [-0.2, -0.15) is 8.42 Å². The molecule has 0 saturated carbocycles. The van der Waals surface area contributed by atoms with Crippen LogP contribution >= 0.6 is 0 Å². The third-order valence-corrected chi connectivity index (χ3v) is 5.04. The summed E-state index contributed by atoms with van der Waals surface area (Å²) in [6.07, 6.45) is 8.51. The summed E-state index contributed by atoms with van der Waals surface area (Å²) in [6.45, 7) is 2.83. The van der Waals surface area contributed by atoms with Crippen molar-refractivity contribution in [2.45, 2.75) is 56.8 Å². The summed E-state index contributed by atoms with van der Waals surface area (Å²) < 4.78 is 38.1. The van der Waals surface area contributed by atoms with Crippen molar-refractivity contribution in [2.75, 3.05) is 6.61 Å². The molecular weight excluding hydrogens is 347 g/mol. The Morgan fingerprint density at radius 2 is 1.48 bits per heavy atom. The molecule has 0 fully saturated rings. The van der Waals surface area contributed by atoms with Crippen LogP contribution in [0.25, 0.3) is 10.8 Å². The topological polar surface area (TPSA) is 63.6 Å². The molecule has 0 aliphatic heterocycles. The number of hydrogen-bond donors (Lipinski definition) is 1. The summed E-state index contributed by atoms with van der Waals surface area (Å²) in [5, 5.41) is 1.19. The normalized spacial score (nSPS) is 11.3. The summed E-state index contributed by atoms with van der Waals surface area (Å²) in [7, 11) is -4.24. The molecule has 0 bridgehead atoms. The Bertz CT molecular complexity index is 759. The number of hydrogen-bond acceptors (Lipinski definition) is 3. The number of benzene rings is 2. The van der Waals surface area contributed by atoms with Gasteiger partial charge in [-0.15, -0.1) is 0 Å². The molecule has 0 saturated heterocycles. The fourth-order valence-electron chi connectivity index (χ4n) is 2.84. The fourth-order valence-corrected chi connectivity index (χ4v) is 3.53. The quantitative estimate of drug-likeness (QED) is 0.376. The molecule has 0 atom stereocenters. The standard InChI is InChI=1S/C19H26O4S.Na.H/c1-2-3-4-5-6-7-10-15-23-18-13-14-19(24(20,21)22)17-12-9-8-11-16(17)18;;/h8-9,11-14H,2-7,10,15H2,1H3,(H,20,21,22);;. The Morgan fingerprint density at radius 3 is 2.12 bits per heavy atom. The van der Waals surface area contributed by atoms with Gasteiger partial charge in [0.2, 0.25) is 0 Å². The first kappa shape index (κ1) is 22.5. The maximum atomic E-state index is 11.5. The second kappa shape index (κ2) is 11.2. The summed E-state index contributed by atoms with van der Waals surface area (Å²) in [5.41, 5.74) is 0. The van der Waals surface area contributed by atoms with Crippen molar-refractivity contribution in [3.63, 3.8) is 0 Å². The third kappa shape index (κ3) is 6.91. The maximum absolute atomic E-state index is 11.5. The minimum absolute atomic E-state index is 0. The molecule has 4 nitrogen and oxygen atoms in total. The molecule has 2 rings (SSSR count). The van der Waals surface area contributed by atoms with Crippen LogP contribution in [-0.4, -0.2) is 49.1 Å². The predicted octanol–water partition coefficient (Wildman–Crippen LogP) is 4.57. The number of ether oxygens (including phenoxy) is 1. The van der Waals surface area contributed by atoms with Crippen LogP contribution < -0.4 is 4.74 Å². The zero-order valence-electron chi connectivity index (χ0n) is 14.2. The predicted molar refractivity (Wildman–Crippen MR) is 104 cm³/mol. The third-order valence-electron chi connectivity index (χ3n) is 4.13. The van der Waals surface area contributed by atoms with Crippen LogP contribution in [-0.2, 0) is 10.1 Å². The molecule has 0 spiro atoms. The van der Waals surface area contributed by atoms with Gasteiger partial charge in [-0.3, -0.25) is 4.55 Å². The molecule has 0 aliphatic rings. The Balaban J connectivity index is 0.00000312. The molecule has 0 unspecified atom stereocenters. The number of unbranched alkanes of at least 4 members (excludes halogenated alkanes) is 6. The second-order valence-electron chi connectivity index (χ2n) is 6.05. The molecule has 0 radical (unpaired) electrons. The number of rotatable bonds is 10. The van der Waals surface area contributed by atoms with Gasteiger partial charge in [0.1, 0.15) is 10.6 Å². The monoisotopic (exact) mass is 374 g/mol. The van der Waals surface area contributed by atoms with Crippen LogP contribution in [0.3, 0.4) is 0 Å². The van der Waals surface area contributed by atoms with E-state index in [1.807, 2.05) is 12.1 Å². The van der Waals surface area contributed by atoms with Gasteiger partial charge in [-0.05, 0) is 18.6 Å². The first-order valence-corrected chi connectivity index (χ1v) is 10.1. The summed E-state index contributed by atoms with van der Waals surface area (Å²) in [6, 6.07) is 10.1. The molecule has 134 valence electrons. The van der Waals surface area contributed by atoms with Crippen molar-refractivity contribution in [3.8, 4) is 5.75 Å². The van der Waals surface area contributed by atoms with E-state index in [0.29, 0.717) is 23.1 Å². The average molecular weight is 374 g/mol. The van der Waals surface area contributed by atoms with Gasteiger partial charge in [0.05, 0.1) is 6.61 Å². The van der Waals surface area contributed by atoms with Crippen molar-refractivity contribution in [1.82, 2.24) is 0 Å². The van der Waals surface area contributed by atoms with Gasteiger partial charge in [0.25, 0.3) is 10.1 Å². The van der Waals surface area contributed by atoms with Crippen LogP contribution in [0.2, 0.25) is 0 Å². The molecule has 1 N–H and O–H groups in total. The van der Waals surface area contributed by atoms with Crippen LogP contribution in [0.4, 0.5) is 0 Å². The van der Waals surface area contributed by atoms with E-state index in [1.165, 1.54) is 38.2 Å². The van der Waals surface area contributed by atoms with Gasteiger partial charge >= 0.3 is 29.6 Å². The van der Waals surface area contributed by atoms with Gasteiger partial charge in [-0.1, -0.05) is 69.7 Å². The van der Waals surface area contributed by atoms with E-state index in [0.717, 1.165) is 12.8 Å². The first-order valence-electron chi connectivity index (χ1n) is 8.66. The molecule has 6 heteroatoms. The van der Waals surface area contributed by atoms with E-state index in [-0.39, 0.29) is 34.5 Å². The average Bonchev–Trinajstić information content (AvgIpc) is 2.56. The van der Waals surface area contributed by atoms with Crippen molar-refractivity contribution in [2.24, 2.45) is 0 Å². The SMILES string of the molecule is CCCCCCCCCOc1ccc(S(=O)(=O)O)c2ccccc12.[NaH]. The Hall–Kier alpha value is -0.590. The van der Waals surface area contributed by atoms with Gasteiger partial charge in [-0.25, -0.2) is 0 Å². The number of fused-ring (bicyclic) bond motifs is 1. The minimum atomic E-state index is -4.24. The molecule has 0 aliphatic carbocycles. The summed E-state index contributed by atoms with van der Waals surface area (Å²) >= 11 is 0. The van der Waals surface area contributed by atoms with E-state index < -0.39 is 10.1 Å². The molecule has 0 amide bonds. The van der Waals surface area contributed by atoms with E-state index >= 15 is 0 Å². The van der Waals surface area contributed by atoms with Gasteiger partial charge in [0, 0.05) is 10.8 Å². The van der Waals surface area contributed by atoms with Crippen molar-refractivity contribution >= 4 is 50.4 Å².